The van der Waals surface area contributed by atoms with Gasteiger partial charge in [0.2, 0.25) is 0 Å². The summed E-state index contributed by atoms with van der Waals surface area (Å²) in [6, 6.07) is 5.68. The van der Waals surface area contributed by atoms with E-state index >= 15 is 0 Å². The fraction of sp³-hybridized carbons (Fsp3) is 0.286. The standard InChI is InChI=1S/C14H13ClF3NO2.ClH/c15-12-3-1-8(14(16,17)18)5-11(12)13-4-2-10(21-13)6-9(19)7-20;/h1-5,9,20H,6-7,19H2;1H. The zero-order valence-electron chi connectivity index (χ0n) is 11.2. The highest BCUT2D eigenvalue weighted by molar-refractivity contribution is 6.33. The lowest BCUT2D eigenvalue weighted by molar-refractivity contribution is -0.137. The zero-order valence-corrected chi connectivity index (χ0v) is 12.8. The second-order valence-electron chi connectivity index (χ2n) is 4.61. The van der Waals surface area contributed by atoms with Crippen molar-refractivity contribution >= 4 is 24.0 Å². The quantitative estimate of drug-likeness (QED) is 0.874. The van der Waals surface area contributed by atoms with E-state index in [1.165, 1.54) is 12.1 Å². The first-order valence-electron chi connectivity index (χ1n) is 6.13. The highest BCUT2D eigenvalue weighted by Crippen LogP contribution is 2.36. The van der Waals surface area contributed by atoms with Crippen LogP contribution in [0.15, 0.2) is 34.7 Å². The van der Waals surface area contributed by atoms with Gasteiger partial charge in [0.15, 0.2) is 0 Å². The number of aliphatic hydroxyl groups excluding tert-OH is 1. The summed E-state index contributed by atoms with van der Waals surface area (Å²) in [5.41, 5.74) is 4.94. The molecule has 8 heteroatoms. The molecule has 0 radical (unpaired) electrons. The number of alkyl halides is 3. The maximum absolute atomic E-state index is 12.7. The van der Waals surface area contributed by atoms with E-state index in [1.807, 2.05) is 0 Å². The predicted molar refractivity (Wildman–Crippen MR) is 80.2 cm³/mol. The molecule has 0 bridgehead atoms. The van der Waals surface area contributed by atoms with Crippen LogP contribution in [0.25, 0.3) is 11.3 Å². The van der Waals surface area contributed by atoms with Gasteiger partial charge in [0.05, 0.1) is 17.2 Å². The van der Waals surface area contributed by atoms with Gasteiger partial charge in [-0.2, -0.15) is 13.2 Å². The van der Waals surface area contributed by atoms with Gasteiger partial charge < -0.3 is 15.3 Å². The zero-order chi connectivity index (χ0) is 15.6. The van der Waals surface area contributed by atoms with Gasteiger partial charge >= 0.3 is 6.18 Å². The van der Waals surface area contributed by atoms with E-state index in [4.69, 9.17) is 26.9 Å². The van der Waals surface area contributed by atoms with Crippen molar-refractivity contribution in [2.45, 2.75) is 18.6 Å². The van der Waals surface area contributed by atoms with Crippen LogP contribution in [-0.2, 0) is 12.6 Å². The molecule has 2 rings (SSSR count). The normalized spacial score (nSPS) is 12.8. The molecule has 0 aliphatic heterocycles. The van der Waals surface area contributed by atoms with E-state index < -0.39 is 17.8 Å². The number of halogens is 5. The summed E-state index contributed by atoms with van der Waals surface area (Å²) in [7, 11) is 0. The monoisotopic (exact) mass is 355 g/mol. The Balaban J connectivity index is 0.00000242. The van der Waals surface area contributed by atoms with E-state index in [-0.39, 0.29) is 41.8 Å². The Bertz CT molecular complexity index is 629. The smallest absolute Gasteiger partial charge is 0.416 e. The molecule has 0 aliphatic carbocycles. The Hall–Kier alpha value is -1.21. The van der Waals surface area contributed by atoms with Gasteiger partial charge in [0.25, 0.3) is 0 Å². The number of nitrogens with two attached hydrogens (primary N) is 1. The molecular formula is C14H14Cl2F3NO2. The van der Waals surface area contributed by atoms with Crippen LogP contribution in [0.5, 0.6) is 0 Å². The highest BCUT2D eigenvalue weighted by Gasteiger charge is 2.31. The van der Waals surface area contributed by atoms with Gasteiger partial charge in [0, 0.05) is 18.0 Å². The molecule has 1 aromatic carbocycles. The minimum Gasteiger partial charge on any atom is -0.461 e. The number of rotatable bonds is 4. The van der Waals surface area contributed by atoms with Crippen molar-refractivity contribution in [3.63, 3.8) is 0 Å². The molecule has 1 unspecified atom stereocenters. The van der Waals surface area contributed by atoms with Crippen LogP contribution in [0, 0.1) is 0 Å². The first kappa shape index (κ1) is 18.8. The van der Waals surface area contributed by atoms with E-state index in [0.717, 1.165) is 12.1 Å². The molecule has 0 spiro atoms. The fourth-order valence-electron chi connectivity index (χ4n) is 1.85. The largest absolute Gasteiger partial charge is 0.461 e. The van der Waals surface area contributed by atoms with Crippen LogP contribution in [0.2, 0.25) is 5.02 Å². The lowest BCUT2D eigenvalue weighted by Crippen LogP contribution is -2.26. The van der Waals surface area contributed by atoms with E-state index in [1.54, 1.807) is 6.07 Å². The lowest BCUT2D eigenvalue weighted by Gasteiger charge is -2.09. The first-order chi connectivity index (χ1) is 9.81. The summed E-state index contributed by atoms with van der Waals surface area (Å²) < 4.78 is 43.6. The third-order valence-corrected chi connectivity index (χ3v) is 3.25. The average Bonchev–Trinajstić information content (AvgIpc) is 2.86. The molecular weight excluding hydrogens is 342 g/mol. The van der Waals surface area contributed by atoms with Crippen LogP contribution >= 0.6 is 24.0 Å². The van der Waals surface area contributed by atoms with Crippen molar-refractivity contribution in [1.29, 1.82) is 0 Å². The number of hydrogen-bond donors (Lipinski definition) is 2. The molecule has 3 N–H and O–H groups in total. The molecule has 0 amide bonds. The Morgan fingerprint density at radius 1 is 1.23 bits per heavy atom. The maximum atomic E-state index is 12.7. The Morgan fingerprint density at radius 2 is 1.91 bits per heavy atom. The number of benzene rings is 1. The molecule has 1 aromatic heterocycles. The summed E-state index contributed by atoms with van der Waals surface area (Å²) in [5.74, 6) is 0.700. The van der Waals surface area contributed by atoms with Crippen molar-refractivity contribution in [2.75, 3.05) is 6.61 Å². The fourth-order valence-corrected chi connectivity index (χ4v) is 2.06. The summed E-state index contributed by atoms with van der Waals surface area (Å²) in [4.78, 5) is 0. The van der Waals surface area contributed by atoms with Gasteiger partial charge in [0.1, 0.15) is 11.5 Å². The van der Waals surface area contributed by atoms with Crippen molar-refractivity contribution in [3.05, 3.63) is 46.7 Å². The van der Waals surface area contributed by atoms with Crippen molar-refractivity contribution in [1.82, 2.24) is 0 Å². The first-order valence-corrected chi connectivity index (χ1v) is 6.51. The Labute approximate surface area is 136 Å². The van der Waals surface area contributed by atoms with Crippen molar-refractivity contribution < 1.29 is 22.7 Å². The summed E-state index contributed by atoms with van der Waals surface area (Å²) in [5, 5.41) is 9.04. The van der Waals surface area contributed by atoms with E-state index in [2.05, 4.69) is 0 Å². The number of hydrogen-bond acceptors (Lipinski definition) is 3. The average molecular weight is 356 g/mol. The van der Waals surface area contributed by atoms with Crippen LogP contribution in [0.1, 0.15) is 11.3 Å². The second-order valence-corrected chi connectivity index (χ2v) is 5.01. The second kappa shape index (κ2) is 7.37. The molecule has 2 aromatic rings. The predicted octanol–water partition coefficient (Wildman–Crippen LogP) is 3.90. The molecule has 0 aliphatic rings. The maximum Gasteiger partial charge on any atom is 0.416 e. The molecule has 122 valence electrons. The van der Waals surface area contributed by atoms with Gasteiger partial charge in [-0.1, -0.05) is 11.6 Å². The summed E-state index contributed by atoms with van der Waals surface area (Å²) >= 11 is 5.93. The lowest BCUT2D eigenvalue weighted by atomic mass is 10.1. The number of aliphatic hydroxyl groups is 1. The summed E-state index contributed by atoms with van der Waals surface area (Å²) in [6.07, 6.45) is -4.17. The minimum absolute atomic E-state index is 0. The highest BCUT2D eigenvalue weighted by atomic mass is 35.5. The van der Waals surface area contributed by atoms with Crippen LogP contribution in [0.4, 0.5) is 13.2 Å². The van der Waals surface area contributed by atoms with Crippen molar-refractivity contribution in [3.8, 4) is 11.3 Å². The summed E-state index contributed by atoms with van der Waals surface area (Å²) in [6.45, 7) is -0.208. The third-order valence-electron chi connectivity index (χ3n) is 2.92. The molecule has 3 nitrogen and oxygen atoms in total. The third kappa shape index (κ3) is 4.39. The van der Waals surface area contributed by atoms with E-state index in [9.17, 15) is 13.2 Å². The van der Waals surface area contributed by atoms with Gasteiger partial charge in [-0.15, -0.1) is 12.4 Å². The molecule has 0 saturated heterocycles. The SMILES string of the molecule is Cl.NC(CO)Cc1ccc(-c2cc(C(F)(F)F)ccc2Cl)o1. The molecule has 0 fully saturated rings. The van der Waals surface area contributed by atoms with E-state index in [0.29, 0.717) is 5.76 Å². The molecule has 1 atom stereocenters. The molecule has 0 saturated carbocycles. The van der Waals surface area contributed by atoms with Gasteiger partial charge in [-0.3, -0.25) is 0 Å². The number of furan rings is 1. The Kier molecular flexibility index (Phi) is 6.31. The topological polar surface area (TPSA) is 59.4 Å². The minimum atomic E-state index is -4.45. The molecule has 1 heterocycles. The van der Waals surface area contributed by atoms with Crippen molar-refractivity contribution in [2.24, 2.45) is 5.73 Å². The van der Waals surface area contributed by atoms with Crippen LogP contribution in [-0.4, -0.2) is 17.8 Å². The van der Waals surface area contributed by atoms with Gasteiger partial charge in [-0.05, 0) is 30.3 Å². The van der Waals surface area contributed by atoms with Crippen LogP contribution in [0.3, 0.4) is 0 Å². The van der Waals surface area contributed by atoms with Crippen LogP contribution < -0.4 is 5.73 Å². The molecule has 22 heavy (non-hydrogen) atoms. The Morgan fingerprint density at radius 3 is 2.50 bits per heavy atom. The van der Waals surface area contributed by atoms with Gasteiger partial charge in [-0.25, -0.2) is 0 Å².